The quantitative estimate of drug-likeness (QED) is 0.733. The number of rotatable bonds is 9. The Hall–Kier alpha value is -1.84. The standard InChI is InChI=1S/C17H26N2O2/c1-14(2)10-12-18-16(20)8-9-17(21)19-13-11-15-6-4-3-5-7-15/h3-7,14H,8-13H2,1-2H3,(H,18,20)(H,19,21). The van der Waals surface area contributed by atoms with Gasteiger partial charge < -0.3 is 10.6 Å². The van der Waals surface area contributed by atoms with Crippen LogP contribution in [0.4, 0.5) is 0 Å². The molecule has 1 aromatic rings. The molecular weight excluding hydrogens is 264 g/mol. The zero-order valence-corrected chi connectivity index (χ0v) is 13.0. The molecule has 4 nitrogen and oxygen atoms in total. The molecule has 0 aromatic heterocycles. The molecule has 0 atom stereocenters. The number of hydrogen-bond donors (Lipinski definition) is 2. The summed E-state index contributed by atoms with van der Waals surface area (Å²) in [5.74, 6) is 0.463. The van der Waals surface area contributed by atoms with E-state index in [2.05, 4.69) is 24.5 Å². The van der Waals surface area contributed by atoms with E-state index in [1.807, 2.05) is 30.3 Å². The summed E-state index contributed by atoms with van der Waals surface area (Å²) in [6, 6.07) is 10.0. The lowest BCUT2D eigenvalue weighted by Crippen LogP contribution is -2.29. The summed E-state index contributed by atoms with van der Waals surface area (Å²) < 4.78 is 0. The van der Waals surface area contributed by atoms with E-state index in [-0.39, 0.29) is 24.7 Å². The summed E-state index contributed by atoms with van der Waals surface area (Å²) in [5.41, 5.74) is 1.20. The van der Waals surface area contributed by atoms with Crippen molar-refractivity contribution >= 4 is 11.8 Å². The summed E-state index contributed by atoms with van der Waals surface area (Å²) in [6.45, 7) is 5.53. The Kier molecular flexibility index (Phi) is 8.17. The summed E-state index contributed by atoms with van der Waals surface area (Å²) >= 11 is 0. The Bertz CT molecular complexity index is 430. The highest BCUT2D eigenvalue weighted by molar-refractivity contribution is 5.83. The van der Waals surface area contributed by atoms with E-state index < -0.39 is 0 Å². The van der Waals surface area contributed by atoms with Gasteiger partial charge >= 0.3 is 0 Å². The lowest BCUT2D eigenvalue weighted by Gasteiger charge is -2.08. The molecule has 0 radical (unpaired) electrons. The van der Waals surface area contributed by atoms with Crippen LogP contribution in [0.2, 0.25) is 0 Å². The fraction of sp³-hybridized carbons (Fsp3) is 0.529. The second kappa shape index (κ2) is 9.97. The van der Waals surface area contributed by atoms with Crippen molar-refractivity contribution in [3.63, 3.8) is 0 Å². The number of nitrogens with one attached hydrogen (secondary N) is 2. The van der Waals surface area contributed by atoms with Crippen LogP contribution >= 0.6 is 0 Å². The third kappa shape index (κ3) is 8.84. The molecule has 116 valence electrons. The van der Waals surface area contributed by atoms with Gasteiger partial charge in [0.2, 0.25) is 11.8 Å². The predicted molar refractivity (Wildman–Crippen MR) is 84.9 cm³/mol. The average molecular weight is 290 g/mol. The molecule has 0 saturated heterocycles. The van der Waals surface area contributed by atoms with Gasteiger partial charge in [-0.15, -0.1) is 0 Å². The maximum absolute atomic E-state index is 11.6. The molecule has 2 N–H and O–H groups in total. The number of carbonyl (C=O) groups excluding carboxylic acids is 2. The molecule has 0 aliphatic rings. The van der Waals surface area contributed by atoms with Crippen LogP contribution in [0.5, 0.6) is 0 Å². The van der Waals surface area contributed by atoms with Crippen molar-refractivity contribution in [2.24, 2.45) is 5.92 Å². The van der Waals surface area contributed by atoms with Gasteiger partial charge in [-0.1, -0.05) is 44.2 Å². The summed E-state index contributed by atoms with van der Waals surface area (Å²) in [4.78, 5) is 23.2. The highest BCUT2D eigenvalue weighted by Crippen LogP contribution is 1.99. The molecular formula is C17H26N2O2. The van der Waals surface area contributed by atoms with Crippen molar-refractivity contribution in [2.75, 3.05) is 13.1 Å². The molecule has 1 aromatic carbocycles. The maximum atomic E-state index is 11.6. The molecule has 0 spiro atoms. The Morgan fingerprint density at radius 2 is 1.52 bits per heavy atom. The topological polar surface area (TPSA) is 58.2 Å². The van der Waals surface area contributed by atoms with E-state index in [4.69, 9.17) is 0 Å². The summed E-state index contributed by atoms with van der Waals surface area (Å²) in [6.07, 6.45) is 2.29. The van der Waals surface area contributed by atoms with Crippen LogP contribution in [-0.4, -0.2) is 24.9 Å². The number of benzene rings is 1. The van der Waals surface area contributed by atoms with E-state index in [9.17, 15) is 9.59 Å². The van der Waals surface area contributed by atoms with Crippen LogP contribution < -0.4 is 10.6 Å². The average Bonchev–Trinajstić information content (AvgIpc) is 2.46. The first-order valence-electron chi connectivity index (χ1n) is 7.65. The minimum absolute atomic E-state index is 0.0474. The number of carbonyl (C=O) groups is 2. The van der Waals surface area contributed by atoms with Crippen LogP contribution in [0.15, 0.2) is 30.3 Å². The normalized spacial score (nSPS) is 10.4. The monoisotopic (exact) mass is 290 g/mol. The van der Waals surface area contributed by atoms with Crippen molar-refractivity contribution in [1.82, 2.24) is 10.6 Å². The van der Waals surface area contributed by atoms with Crippen molar-refractivity contribution in [2.45, 2.75) is 39.5 Å². The van der Waals surface area contributed by atoms with Gasteiger partial charge in [0.25, 0.3) is 0 Å². The molecule has 0 saturated carbocycles. The third-order valence-electron chi connectivity index (χ3n) is 3.20. The van der Waals surface area contributed by atoms with E-state index in [0.29, 0.717) is 19.0 Å². The van der Waals surface area contributed by atoms with E-state index in [1.54, 1.807) is 0 Å². The Balaban J connectivity index is 2.07. The summed E-state index contributed by atoms with van der Waals surface area (Å²) in [5, 5.41) is 5.67. The molecule has 0 aliphatic heterocycles. The van der Waals surface area contributed by atoms with Crippen LogP contribution in [0.25, 0.3) is 0 Å². The molecule has 2 amide bonds. The molecule has 21 heavy (non-hydrogen) atoms. The van der Waals surface area contributed by atoms with Gasteiger partial charge in [0, 0.05) is 25.9 Å². The van der Waals surface area contributed by atoms with Gasteiger partial charge in [0.1, 0.15) is 0 Å². The fourth-order valence-electron chi connectivity index (χ4n) is 1.90. The fourth-order valence-corrected chi connectivity index (χ4v) is 1.90. The first kappa shape index (κ1) is 17.2. The Morgan fingerprint density at radius 1 is 0.952 bits per heavy atom. The van der Waals surface area contributed by atoms with E-state index in [1.165, 1.54) is 5.56 Å². The second-order valence-corrected chi connectivity index (χ2v) is 5.62. The SMILES string of the molecule is CC(C)CCNC(=O)CCC(=O)NCCc1ccccc1. The number of amides is 2. The van der Waals surface area contributed by atoms with E-state index in [0.717, 1.165) is 12.8 Å². The van der Waals surface area contributed by atoms with E-state index >= 15 is 0 Å². The molecule has 0 bridgehead atoms. The minimum atomic E-state index is -0.0649. The molecule has 0 aliphatic carbocycles. The molecule has 0 unspecified atom stereocenters. The van der Waals surface area contributed by atoms with Crippen molar-refractivity contribution in [3.8, 4) is 0 Å². The molecule has 1 rings (SSSR count). The zero-order valence-electron chi connectivity index (χ0n) is 13.0. The molecule has 0 heterocycles. The lowest BCUT2D eigenvalue weighted by atomic mass is 10.1. The van der Waals surface area contributed by atoms with Crippen molar-refractivity contribution < 1.29 is 9.59 Å². The molecule has 4 heteroatoms. The van der Waals surface area contributed by atoms with Crippen LogP contribution in [0.3, 0.4) is 0 Å². The van der Waals surface area contributed by atoms with Crippen molar-refractivity contribution in [3.05, 3.63) is 35.9 Å². The zero-order chi connectivity index (χ0) is 15.5. The minimum Gasteiger partial charge on any atom is -0.356 e. The Labute approximate surface area is 127 Å². The highest BCUT2D eigenvalue weighted by Gasteiger charge is 2.06. The second-order valence-electron chi connectivity index (χ2n) is 5.62. The Morgan fingerprint density at radius 3 is 2.10 bits per heavy atom. The van der Waals surface area contributed by atoms with Gasteiger partial charge in [0.05, 0.1) is 0 Å². The number of hydrogen-bond acceptors (Lipinski definition) is 2. The lowest BCUT2D eigenvalue weighted by molar-refractivity contribution is -0.126. The molecule has 0 fully saturated rings. The van der Waals surface area contributed by atoms with Gasteiger partial charge in [-0.25, -0.2) is 0 Å². The first-order chi connectivity index (χ1) is 10.1. The highest BCUT2D eigenvalue weighted by atomic mass is 16.2. The van der Waals surface area contributed by atoms with Gasteiger partial charge in [-0.05, 0) is 24.3 Å². The smallest absolute Gasteiger partial charge is 0.220 e. The van der Waals surface area contributed by atoms with Gasteiger partial charge in [-0.3, -0.25) is 9.59 Å². The maximum Gasteiger partial charge on any atom is 0.220 e. The van der Waals surface area contributed by atoms with Crippen LogP contribution in [0.1, 0.15) is 38.7 Å². The van der Waals surface area contributed by atoms with Crippen LogP contribution in [-0.2, 0) is 16.0 Å². The van der Waals surface area contributed by atoms with Gasteiger partial charge in [-0.2, -0.15) is 0 Å². The van der Waals surface area contributed by atoms with Gasteiger partial charge in [0.15, 0.2) is 0 Å². The summed E-state index contributed by atoms with van der Waals surface area (Å²) in [7, 11) is 0. The van der Waals surface area contributed by atoms with Crippen LogP contribution in [0, 0.1) is 5.92 Å². The third-order valence-corrected chi connectivity index (χ3v) is 3.20. The largest absolute Gasteiger partial charge is 0.356 e. The van der Waals surface area contributed by atoms with Crippen molar-refractivity contribution in [1.29, 1.82) is 0 Å². The first-order valence-corrected chi connectivity index (χ1v) is 7.65. The predicted octanol–water partition coefficient (Wildman–Crippen LogP) is 2.29.